The van der Waals surface area contributed by atoms with Crippen LogP contribution in [0.3, 0.4) is 0 Å². The van der Waals surface area contributed by atoms with Crippen molar-refractivity contribution in [3.63, 3.8) is 0 Å². The topological polar surface area (TPSA) is 56.6 Å². The molecule has 1 heterocycles. The first-order chi connectivity index (χ1) is 10.6. The third kappa shape index (κ3) is 4.55. The molecule has 0 aliphatic carbocycles. The van der Waals surface area contributed by atoms with Crippen LogP contribution < -0.4 is 0 Å². The van der Waals surface area contributed by atoms with E-state index in [0.29, 0.717) is 24.2 Å². The summed E-state index contributed by atoms with van der Waals surface area (Å²) >= 11 is 0. The Balaban J connectivity index is 2.10. The van der Waals surface area contributed by atoms with Gasteiger partial charge in [-0.3, -0.25) is 4.79 Å². The van der Waals surface area contributed by atoms with E-state index >= 15 is 0 Å². The van der Waals surface area contributed by atoms with Gasteiger partial charge < -0.3 is 14.5 Å². The fraction of sp³-hybridized carbons (Fsp3) is 0.529. The van der Waals surface area contributed by atoms with Crippen LogP contribution in [0.2, 0.25) is 0 Å². The Kier molecular flexibility index (Phi) is 5.93. The normalized spacial score (nSPS) is 17.5. The predicted octanol–water partition coefficient (Wildman–Crippen LogP) is 1.74. The summed E-state index contributed by atoms with van der Waals surface area (Å²) < 4.78 is 5.66. The molecule has 0 saturated carbocycles. The van der Waals surface area contributed by atoms with Gasteiger partial charge in [-0.25, -0.2) is 0 Å². The lowest BCUT2D eigenvalue weighted by atomic mass is 10.1. The molecule has 1 aromatic carbocycles. The van der Waals surface area contributed by atoms with Crippen LogP contribution in [0.15, 0.2) is 24.3 Å². The van der Waals surface area contributed by atoms with Crippen LogP contribution in [0, 0.1) is 11.3 Å². The largest absolute Gasteiger partial charge is 0.376 e. The van der Waals surface area contributed by atoms with Crippen LogP contribution in [0.1, 0.15) is 28.8 Å². The van der Waals surface area contributed by atoms with Crippen molar-refractivity contribution < 1.29 is 9.53 Å². The van der Waals surface area contributed by atoms with E-state index in [4.69, 9.17) is 10.00 Å². The van der Waals surface area contributed by atoms with Gasteiger partial charge >= 0.3 is 0 Å². The molecule has 1 aliphatic heterocycles. The number of nitrogens with zero attached hydrogens (tertiary/aromatic N) is 3. The van der Waals surface area contributed by atoms with E-state index in [-0.39, 0.29) is 12.0 Å². The number of rotatable bonds is 6. The summed E-state index contributed by atoms with van der Waals surface area (Å²) in [6, 6.07) is 8.96. The third-order valence-corrected chi connectivity index (χ3v) is 3.79. The molecule has 118 valence electrons. The monoisotopic (exact) mass is 301 g/mol. The summed E-state index contributed by atoms with van der Waals surface area (Å²) in [5.41, 5.74) is 1.08. The second-order valence-electron chi connectivity index (χ2n) is 5.88. The zero-order chi connectivity index (χ0) is 15.9. The van der Waals surface area contributed by atoms with Crippen molar-refractivity contribution in [3.05, 3.63) is 35.4 Å². The molecule has 5 nitrogen and oxygen atoms in total. The van der Waals surface area contributed by atoms with Crippen molar-refractivity contribution in [3.8, 4) is 6.07 Å². The molecule has 1 aliphatic rings. The van der Waals surface area contributed by atoms with Crippen LogP contribution in [-0.2, 0) is 4.74 Å². The summed E-state index contributed by atoms with van der Waals surface area (Å²) in [5, 5.41) is 8.99. The quantitative estimate of drug-likeness (QED) is 0.803. The molecule has 5 heteroatoms. The van der Waals surface area contributed by atoms with E-state index in [1.165, 1.54) is 0 Å². The number of hydrogen-bond donors (Lipinski definition) is 0. The molecule has 1 amide bonds. The minimum absolute atomic E-state index is 0.0329. The van der Waals surface area contributed by atoms with Crippen LogP contribution in [0.5, 0.6) is 0 Å². The maximum Gasteiger partial charge on any atom is 0.254 e. The standard InChI is InChI=1S/C17H23N3O2/c1-19(2)8-9-20(13-16-7-4-10-22-16)17(21)15-6-3-5-14(11-15)12-18/h3,5-6,11,16H,4,7-10,13H2,1-2H3/t16-/m1/s1. The Hall–Kier alpha value is -1.90. The van der Waals surface area contributed by atoms with Gasteiger partial charge in [-0.1, -0.05) is 6.07 Å². The number of amides is 1. The number of hydrogen-bond acceptors (Lipinski definition) is 4. The van der Waals surface area contributed by atoms with E-state index in [2.05, 4.69) is 11.0 Å². The number of likely N-dealkylation sites (N-methyl/N-ethyl adjacent to an activating group) is 1. The molecule has 1 aromatic rings. The van der Waals surface area contributed by atoms with Gasteiger partial charge in [0, 0.05) is 31.8 Å². The van der Waals surface area contributed by atoms with E-state index < -0.39 is 0 Å². The molecule has 22 heavy (non-hydrogen) atoms. The van der Waals surface area contributed by atoms with Crippen LogP contribution in [0.25, 0.3) is 0 Å². The van der Waals surface area contributed by atoms with Gasteiger partial charge in [0.2, 0.25) is 0 Å². The zero-order valence-electron chi connectivity index (χ0n) is 13.3. The molecule has 1 atom stereocenters. The van der Waals surface area contributed by atoms with E-state index in [0.717, 1.165) is 26.0 Å². The fourth-order valence-corrected chi connectivity index (χ4v) is 2.53. The third-order valence-electron chi connectivity index (χ3n) is 3.79. The molecule has 2 rings (SSSR count). The first-order valence-electron chi connectivity index (χ1n) is 7.66. The summed E-state index contributed by atoms with van der Waals surface area (Å²) in [5.74, 6) is -0.0329. The lowest BCUT2D eigenvalue weighted by molar-refractivity contribution is 0.0512. The molecule has 0 spiro atoms. The molecular formula is C17H23N3O2. The highest BCUT2D eigenvalue weighted by Gasteiger charge is 2.23. The van der Waals surface area contributed by atoms with Crippen molar-refractivity contribution in [1.82, 2.24) is 9.80 Å². The first-order valence-corrected chi connectivity index (χ1v) is 7.66. The summed E-state index contributed by atoms with van der Waals surface area (Å²) in [6.45, 7) is 2.85. The number of carbonyl (C=O) groups is 1. The number of ether oxygens (including phenoxy) is 1. The number of nitriles is 1. The van der Waals surface area contributed by atoms with E-state index in [1.807, 2.05) is 19.0 Å². The molecule has 1 fully saturated rings. The minimum Gasteiger partial charge on any atom is -0.376 e. The first kappa shape index (κ1) is 16.5. The van der Waals surface area contributed by atoms with Gasteiger partial charge in [-0.05, 0) is 45.1 Å². The average molecular weight is 301 g/mol. The van der Waals surface area contributed by atoms with Gasteiger partial charge in [0.15, 0.2) is 0 Å². The summed E-state index contributed by atoms with van der Waals surface area (Å²) in [7, 11) is 3.98. The highest BCUT2D eigenvalue weighted by Crippen LogP contribution is 2.15. The Bertz CT molecular complexity index is 545. The maximum atomic E-state index is 12.8. The number of carbonyl (C=O) groups excluding carboxylic acids is 1. The second-order valence-corrected chi connectivity index (χ2v) is 5.88. The molecule has 0 bridgehead atoms. The van der Waals surface area contributed by atoms with Crippen molar-refractivity contribution in [2.75, 3.05) is 40.3 Å². The zero-order valence-corrected chi connectivity index (χ0v) is 13.3. The Morgan fingerprint density at radius 2 is 2.23 bits per heavy atom. The number of benzene rings is 1. The Morgan fingerprint density at radius 1 is 1.41 bits per heavy atom. The van der Waals surface area contributed by atoms with Crippen molar-refractivity contribution in [2.45, 2.75) is 18.9 Å². The molecule has 0 radical (unpaired) electrons. The fourth-order valence-electron chi connectivity index (χ4n) is 2.53. The summed E-state index contributed by atoms with van der Waals surface area (Å²) in [6.07, 6.45) is 2.19. The lowest BCUT2D eigenvalue weighted by Crippen LogP contribution is -2.41. The highest BCUT2D eigenvalue weighted by atomic mass is 16.5. The maximum absolute atomic E-state index is 12.8. The average Bonchev–Trinajstić information content (AvgIpc) is 3.03. The Morgan fingerprint density at radius 3 is 2.86 bits per heavy atom. The van der Waals surface area contributed by atoms with Crippen LogP contribution in [0.4, 0.5) is 0 Å². The molecular weight excluding hydrogens is 278 g/mol. The van der Waals surface area contributed by atoms with Gasteiger partial charge in [0.25, 0.3) is 5.91 Å². The predicted molar refractivity (Wildman–Crippen MR) is 84.6 cm³/mol. The summed E-state index contributed by atoms with van der Waals surface area (Å²) in [4.78, 5) is 16.7. The molecule has 0 N–H and O–H groups in total. The van der Waals surface area contributed by atoms with E-state index in [9.17, 15) is 4.79 Å². The van der Waals surface area contributed by atoms with Gasteiger partial charge in [0.05, 0.1) is 17.7 Å². The van der Waals surface area contributed by atoms with Gasteiger partial charge in [-0.15, -0.1) is 0 Å². The lowest BCUT2D eigenvalue weighted by Gasteiger charge is -2.27. The van der Waals surface area contributed by atoms with Crippen molar-refractivity contribution in [2.24, 2.45) is 0 Å². The van der Waals surface area contributed by atoms with Crippen LogP contribution in [-0.4, -0.2) is 62.1 Å². The van der Waals surface area contributed by atoms with Gasteiger partial charge in [0.1, 0.15) is 0 Å². The molecule has 1 saturated heterocycles. The van der Waals surface area contributed by atoms with Crippen LogP contribution >= 0.6 is 0 Å². The molecule has 0 aromatic heterocycles. The van der Waals surface area contributed by atoms with E-state index in [1.54, 1.807) is 24.3 Å². The SMILES string of the molecule is CN(C)CCN(C[C@H]1CCCO1)C(=O)c1cccc(C#N)c1. The second kappa shape index (κ2) is 7.92. The Labute approximate surface area is 132 Å². The van der Waals surface area contributed by atoms with Crippen molar-refractivity contribution >= 4 is 5.91 Å². The van der Waals surface area contributed by atoms with Crippen molar-refractivity contribution in [1.29, 1.82) is 5.26 Å². The molecule has 0 unspecified atom stereocenters. The minimum atomic E-state index is -0.0329. The van der Waals surface area contributed by atoms with Gasteiger partial charge in [-0.2, -0.15) is 5.26 Å². The smallest absolute Gasteiger partial charge is 0.254 e. The highest BCUT2D eigenvalue weighted by molar-refractivity contribution is 5.94.